The molecule has 0 atom stereocenters. The van der Waals surface area contributed by atoms with Crippen molar-refractivity contribution < 1.29 is 0 Å². The third kappa shape index (κ3) is 3.94. The van der Waals surface area contributed by atoms with Gasteiger partial charge in [-0.15, -0.1) is 0 Å². The van der Waals surface area contributed by atoms with E-state index in [1.165, 1.54) is 16.7 Å². The van der Waals surface area contributed by atoms with Gasteiger partial charge in [-0.3, -0.25) is 4.98 Å². The van der Waals surface area contributed by atoms with Crippen LogP contribution in [0.15, 0.2) is 42.7 Å². The third-order valence-corrected chi connectivity index (χ3v) is 3.95. The average Bonchev–Trinajstić information content (AvgIpc) is 2.59. The SMILES string of the molecule is CCNc1nc(Nc2c(C)cc(C)cc2C)cc(-c2cccnc2)n1. The topological polar surface area (TPSA) is 62.7 Å². The van der Waals surface area contributed by atoms with Crippen molar-refractivity contribution in [3.05, 3.63) is 59.4 Å². The van der Waals surface area contributed by atoms with Crippen molar-refractivity contribution in [1.82, 2.24) is 15.0 Å². The molecule has 0 radical (unpaired) electrons. The van der Waals surface area contributed by atoms with E-state index < -0.39 is 0 Å². The Morgan fingerprint density at radius 1 is 1.00 bits per heavy atom. The van der Waals surface area contributed by atoms with Crippen LogP contribution in [0.1, 0.15) is 23.6 Å². The molecule has 1 aromatic carbocycles. The molecule has 0 fully saturated rings. The van der Waals surface area contributed by atoms with Gasteiger partial charge < -0.3 is 10.6 Å². The molecular weight excluding hydrogens is 310 g/mol. The number of nitrogens with one attached hydrogen (secondary N) is 2. The fraction of sp³-hybridized carbons (Fsp3) is 0.250. The molecule has 0 aliphatic heterocycles. The summed E-state index contributed by atoms with van der Waals surface area (Å²) in [6.45, 7) is 9.12. The number of pyridine rings is 1. The van der Waals surface area contributed by atoms with Crippen LogP contribution in [0.3, 0.4) is 0 Å². The lowest BCUT2D eigenvalue weighted by Crippen LogP contribution is -2.06. The van der Waals surface area contributed by atoms with Crippen molar-refractivity contribution in [1.29, 1.82) is 0 Å². The van der Waals surface area contributed by atoms with Gasteiger partial charge >= 0.3 is 0 Å². The lowest BCUT2D eigenvalue weighted by Gasteiger charge is -2.15. The molecule has 0 aliphatic carbocycles. The van der Waals surface area contributed by atoms with Crippen LogP contribution in [0.4, 0.5) is 17.5 Å². The van der Waals surface area contributed by atoms with E-state index in [9.17, 15) is 0 Å². The number of anilines is 3. The Bertz CT molecular complexity index is 852. The summed E-state index contributed by atoms with van der Waals surface area (Å²) >= 11 is 0. The number of benzene rings is 1. The van der Waals surface area contributed by atoms with E-state index >= 15 is 0 Å². The minimum atomic E-state index is 0.605. The second-order valence-electron chi connectivity index (χ2n) is 6.13. The number of aromatic nitrogens is 3. The highest BCUT2D eigenvalue weighted by Crippen LogP contribution is 2.27. The van der Waals surface area contributed by atoms with Crippen LogP contribution in [-0.4, -0.2) is 21.5 Å². The van der Waals surface area contributed by atoms with Gasteiger partial charge in [0.15, 0.2) is 0 Å². The molecule has 0 saturated heterocycles. The fourth-order valence-electron chi connectivity index (χ4n) is 2.92. The van der Waals surface area contributed by atoms with E-state index in [4.69, 9.17) is 0 Å². The quantitative estimate of drug-likeness (QED) is 0.712. The summed E-state index contributed by atoms with van der Waals surface area (Å²) in [5, 5.41) is 6.66. The molecule has 0 saturated carbocycles. The third-order valence-electron chi connectivity index (χ3n) is 3.95. The van der Waals surface area contributed by atoms with Crippen LogP contribution in [0, 0.1) is 20.8 Å². The van der Waals surface area contributed by atoms with E-state index in [-0.39, 0.29) is 0 Å². The van der Waals surface area contributed by atoms with Gasteiger partial charge in [-0.2, -0.15) is 4.98 Å². The molecule has 0 bridgehead atoms. The summed E-state index contributed by atoms with van der Waals surface area (Å²) in [5.74, 6) is 1.37. The summed E-state index contributed by atoms with van der Waals surface area (Å²) < 4.78 is 0. The standard InChI is InChI=1S/C20H23N5/c1-5-22-20-23-17(16-7-6-8-21-12-16)11-18(25-20)24-19-14(3)9-13(2)10-15(19)4/h6-12H,5H2,1-4H3,(H2,22,23,24,25). The highest BCUT2D eigenvalue weighted by molar-refractivity contribution is 5.70. The van der Waals surface area contributed by atoms with Gasteiger partial charge in [0.2, 0.25) is 5.95 Å². The van der Waals surface area contributed by atoms with Crippen LogP contribution in [0.5, 0.6) is 0 Å². The molecule has 128 valence electrons. The molecule has 3 aromatic rings. The van der Waals surface area contributed by atoms with Crippen LogP contribution in [0.2, 0.25) is 0 Å². The minimum Gasteiger partial charge on any atom is -0.354 e. The number of nitrogens with zero attached hydrogens (tertiary/aromatic N) is 3. The van der Waals surface area contributed by atoms with E-state index in [0.717, 1.165) is 29.3 Å². The van der Waals surface area contributed by atoms with E-state index in [0.29, 0.717) is 5.95 Å². The second kappa shape index (κ2) is 7.30. The molecule has 2 aromatic heterocycles. The fourth-order valence-corrected chi connectivity index (χ4v) is 2.92. The van der Waals surface area contributed by atoms with Crippen molar-refractivity contribution in [2.75, 3.05) is 17.2 Å². The summed E-state index contributed by atoms with van der Waals surface area (Å²) in [6, 6.07) is 10.2. The first-order valence-electron chi connectivity index (χ1n) is 8.45. The zero-order valence-corrected chi connectivity index (χ0v) is 15.1. The van der Waals surface area contributed by atoms with Crippen molar-refractivity contribution in [3.63, 3.8) is 0 Å². The molecule has 25 heavy (non-hydrogen) atoms. The molecule has 5 heteroatoms. The largest absolute Gasteiger partial charge is 0.354 e. The molecule has 0 amide bonds. The lowest BCUT2D eigenvalue weighted by molar-refractivity contribution is 1.09. The number of rotatable bonds is 5. The predicted octanol–water partition coefficient (Wildman–Crippen LogP) is 4.64. The molecule has 2 heterocycles. The van der Waals surface area contributed by atoms with Gasteiger partial charge in [-0.05, 0) is 51.0 Å². The lowest BCUT2D eigenvalue weighted by atomic mass is 10.1. The average molecular weight is 333 g/mol. The highest BCUT2D eigenvalue weighted by atomic mass is 15.1. The van der Waals surface area contributed by atoms with Gasteiger partial charge in [0, 0.05) is 36.3 Å². The zero-order valence-electron chi connectivity index (χ0n) is 15.1. The first-order chi connectivity index (χ1) is 12.1. The minimum absolute atomic E-state index is 0.605. The van der Waals surface area contributed by atoms with E-state index in [1.54, 1.807) is 6.20 Å². The zero-order chi connectivity index (χ0) is 17.8. The Hall–Kier alpha value is -2.95. The molecule has 5 nitrogen and oxygen atoms in total. The predicted molar refractivity (Wildman–Crippen MR) is 103 cm³/mol. The molecular formula is C20H23N5. The molecule has 0 aliphatic rings. The maximum Gasteiger partial charge on any atom is 0.225 e. The van der Waals surface area contributed by atoms with Gasteiger partial charge in [-0.25, -0.2) is 4.98 Å². The van der Waals surface area contributed by atoms with Crippen LogP contribution in [-0.2, 0) is 0 Å². The van der Waals surface area contributed by atoms with Crippen LogP contribution in [0.25, 0.3) is 11.3 Å². The maximum absolute atomic E-state index is 4.59. The Kier molecular flexibility index (Phi) is 4.93. The molecule has 0 unspecified atom stereocenters. The smallest absolute Gasteiger partial charge is 0.225 e. The van der Waals surface area contributed by atoms with E-state index in [2.05, 4.69) is 58.5 Å². The normalized spacial score (nSPS) is 10.6. The van der Waals surface area contributed by atoms with E-state index in [1.807, 2.05) is 31.3 Å². The van der Waals surface area contributed by atoms with Crippen molar-refractivity contribution in [2.45, 2.75) is 27.7 Å². The monoisotopic (exact) mass is 333 g/mol. The summed E-state index contributed by atoms with van der Waals surface area (Å²) in [4.78, 5) is 13.4. The first-order valence-corrected chi connectivity index (χ1v) is 8.45. The van der Waals surface area contributed by atoms with Crippen molar-refractivity contribution >= 4 is 17.5 Å². The van der Waals surface area contributed by atoms with Gasteiger partial charge in [0.1, 0.15) is 5.82 Å². The van der Waals surface area contributed by atoms with Gasteiger partial charge in [0.05, 0.1) is 5.69 Å². The van der Waals surface area contributed by atoms with Gasteiger partial charge in [-0.1, -0.05) is 17.7 Å². The van der Waals surface area contributed by atoms with Crippen LogP contribution < -0.4 is 10.6 Å². The second-order valence-corrected chi connectivity index (χ2v) is 6.13. The first kappa shape index (κ1) is 16.9. The Balaban J connectivity index is 2.03. The highest BCUT2D eigenvalue weighted by Gasteiger charge is 2.10. The van der Waals surface area contributed by atoms with Crippen molar-refractivity contribution in [2.24, 2.45) is 0 Å². The van der Waals surface area contributed by atoms with Crippen molar-refractivity contribution in [3.8, 4) is 11.3 Å². The van der Waals surface area contributed by atoms with Crippen LogP contribution >= 0.6 is 0 Å². The number of hydrogen-bond donors (Lipinski definition) is 2. The summed E-state index contributed by atoms with van der Waals surface area (Å²) in [7, 11) is 0. The molecule has 3 rings (SSSR count). The Morgan fingerprint density at radius 3 is 2.40 bits per heavy atom. The Morgan fingerprint density at radius 2 is 1.76 bits per heavy atom. The summed E-state index contributed by atoms with van der Waals surface area (Å²) in [5.41, 5.74) is 6.54. The summed E-state index contributed by atoms with van der Waals surface area (Å²) in [6.07, 6.45) is 3.57. The Labute approximate surface area is 148 Å². The number of hydrogen-bond acceptors (Lipinski definition) is 5. The van der Waals surface area contributed by atoms with Gasteiger partial charge in [0.25, 0.3) is 0 Å². The molecule has 2 N–H and O–H groups in total. The number of aryl methyl sites for hydroxylation is 3. The molecule has 0 spiro atoms. The maximum atomic E-state index is 4.59.